The standard InChI is InChI=1S/C15H25NO3/c1-5-13(16-6-7-17)15(18)14-10(2)8-12(19-4)9-11(14)3/h8-9,13,15-18H,5-7H2,1-4H3. The fraction of sp³-hybridized carbons (Fsp3) is 0.600. The Morgan fingerprint density at radius 2 is 1.84 bits per heavy atom. The van der Waals surface area contributed by atoms with Gasteiger partial charge in [0, 0.05) is 12.6 Å². The van der Waals surface area contributed by atoms with Crippen molar-refractivity contribution in [2.45, 2.75) is 39.3 Å². The van der Waals surface area contributed by atoms with Gasteiger partial charge < -0.3 is 20.3 Å². The normalized spacial score (nSPS) is 14.2. The van der Waals surface area contributed by atoms with Gasteiger partial charge in [-0.1, -0.05) is 6.92 Å². The lowest BCUT2D eigenvalue weighted by atomic mass is 9.92. The van der Waals surface area contributed by atoms with Crippen LogP contribution in [0.5, 0.6) is 5.75 Å². The van der Waals surface area contributed by atoms with Crippen LogP contribution in [0.4, 0.5) is 0 Å². The Morgan fingerprint density at radius 3 is 2.26 bits per heavy atom. The van der Waals surface area contributed by atoms with E-state index in [4.69, 9.17) is 9.84 Å². The molecular weight excluding hydrogens is 242 g/mol. The molecule has 0 saturated carbocycles. The third-order valence-electron chi connectivity index (χ3n) is 3.44. The molecule has 1 aromatic carbocycles. The number of aliphatic hydroxyl groups is 2. The number of aliphatic hydroxyl groups excluding tert-OH is 2. The molecule has 0 fully saturated rings. The van der Waals surface area contributed by atoms with Gasteiger partial charge in [-0.3, -0.25) is 0 Å². The van der Waals surface area contributed by atoms with Crippen LogP contribution in [0.15, 0.2) is 12.1 Å². The second-order valence-corrected chi connectivity index (χ2v) is 4.81. The van der Waals surface area contributed by atoms with Crippen molar-refractivity contribution in [1.82, 2.24) is 5.32 Å². The lowest BCUT2D eigenvalue weighted by Gasteiger charge is -2.26. The first-order chi connectivity index (χ1) is 9.04. The van der Waals surface area contributed by atoms with Crippen molar-refractivity contribution in [2.75, 3.05) is 20.3 Å². The van der Waals surface area contributed by atoms with Crippen molar-refractivity contribution < 1.29 is 14.9 Å². The molecule has 2 atom stereocenters. The third-order valence-corrected chi connectivity index (χ3v) is 3.44. The Labute approximate surface area is 115 Å². The Bertz CT molecular complexity index is 383. The molecular formula is C15H25NO3. The maximum Gasteiger partial charge on any atom is 0.119 e. The van der Waals surface area contributed by atoms with Gasteiger partial charge in [-0.2, -0.15) is 0 Å². The second-order valence-electron chi connectivity index (χ2n) is 4.81. The van der Waals surface area contributed by atoms with Crippen LogP contribution in [0, 0.1) is 13.8 Å². The van der Waals surface area contributed by atoms with E-state index in [0.29, 0.717) is 6.54 Å². The number of ether oxygens (including phenoxy) is 1. The topological polar surface area (TPSA) is 61.7 Å². The van der Waals surface area contributed by atoms with Crippen LogP contribution in [0.25, 0.3) is 0 Å². The first kappa shape index (κ1) is 16.0. The number of rotatable bonds is 7. The lowest BCUT2D eigenvalue weighted by molar-refractivity contribution is 0.121. The third kappa shape index (κ3) is 3.93. The molecule has 19 heavy (non-hydrogen) atoms. The van der Waals surface area contributed by atoms with E-state index < -0.39 is 6.10 Å². The summed E-state index contributed by atoms with van der Waals surface area (Å²) in [7, 11) is 1.64. The summed E-state index contributed by atoms with van der Waals surface area (Å²) in [5.74, 6) is 0.808. The predicted octanol–water partition coefficient (Wildman–Crippen LogP) is 1.71. The molecule has 0 bridgehead atoms. The zero-order valence-electron chi connectivity index (χ0n) is 12.2. The summed E-state index contributed by atoms with van der Waals surface area (Å²) in [6.45, 7) is 6.54. The highest BCUT2D eigenvalue weighted by Gasteiger charge is 2.22. The van der Waals surface area contributed by atoms with E-state index in [2.05, 4.69) is 5.32 Å². The van der Waals surface area contributed by atoms with Crippen LogP contribution in [-0.4, -0.2) is 36.5 Å². The number of nitrogens with one attached hydrogen (secondary N) is 1. The van der Waals surface area contributed by atoms with E-state index in [-0.39, 0.29) is 12.6 Å². The molecule has 0 aliphatic heterocycles. The number of aryl methyl sites for hydroxylation is 2. The molecule has 0 saturated heterocycles. The highest BCUT2D eigenvalue weighted by molar-refractivity contribution is 5.42. The van der Waals surface area contributed by atoms with Crippen molar-refractivity contribution in [3.63, 3.8) is 0 Å². The molecule has 0 heterocycles. The highest BCUT2D eigenvalue weighted by atomic mass is 16.5. The first-order valence-corrected chi connectivity index (χ1v) is 6.72. The SMILES string of the molecule is CCC(NCCO)C(O)c1c(C)cc(OC)cc1C. The summed E-state index contributed by atoms with van der Waals surface area (Å²) in [5.41, 5.74) is 2.99. The lowest BCUT2D eigenvalue weighted by Crippen LogP contribution is -2.36. The summed E-state index contributed by atoms with van der Waals surface area (Å²) in [6.07, 6.45) is 0.217. The van der Waals surface area contributed by atoms with Gasteiger partial charge in [-0.15, -0.1) is 0 Å². The zero-order valence-corrected chi connectivity index (χ0v) is 12.2. The van der Waals surface area contributed by atoms with E-state index in [1.165, 1.54) is 0 Å². The minimum absolute atomic E-state index is 0.0575. The van der Waals surface area contributed by atoms with Crippen molar-refractivity contribution >= 4 is 0 Å². The van der Waals surface area contributed by atoms with Gasteiger partial charge in [-0.05, 0) is 49.1 Å². The first-order valence-electron chi connectivity index (χ1n) is 6.72. The minimum atomic E-state index is -0.581. The maximum atomic E-state index is 10.5. The minimum Gasteiger partial charge on any atom is -0.497 e. The largest absolute Gasteiger partial charge is 0.497 e. The molecule has 0 amide bonds. The summed E-state index contributed by atoms with van der Waals surface area (Å²) >= 11 is 0. The molecule has 4 nitrogen and oxygen atoms in total. The van der Waals surface area contributed by atoms with Crippen molar-refractivity contribution in [2.24, 2.45) is 0 Å². The number of benzene rings is 1. The molecule has 0 aromatic heterocycles. The quantitative estimate of drug-likeness (QED) is 0.704. The van der Waals surface area contributed by atoms with E-state index in [1.807, 2.05) is 32.9 Å². The molecule has 3 N–H and O–H groups in total. The molecule has 1 rings (SSSR count). The Kier molecular flexibility index (Phi) is 6.28. The fourth-order valence-electron chi connectivity index (χ4n) is 2.45. The fourth-order valence-corrected chi connectivity index (χ4v) is 2.45. The molecule has 0 radical (unpaired) electrons. The van der Waals surface area contributed by atoms with Gasteiger partial charge in [-0.25, -0.2) is 0 Å². The average Bonchev–Trinajstić information content (AvgIpc) is 2.38. The Balaban J connectivity index is 3.00. The summed E-state index contributed by atoms with van der Waals surface area (Å²) in [6, 6.07) is 3.81. The van der Waals surface area contributed by atoms with Crippen LogP contribution in [-0.2, 0) is 0 Å². The predicted molar refractivity (Wildman–Crippen MR) is 76.6 cm³/mol. The van der Waals surface area contributed by atoms with Crippen LogP contribution >= 0.6 is 0 Å². The monoisotopic (exact) mass is 267 g/mol. The number of methoxy groups -OCH3 is 1. The van der Waals surface area contributed by atoms with Crippen LogP contribution in [0.2, 0.25) is 0 Å². The maximum absolute atomic E-state index is 10.5. The van der Waals surface area contributed by atoms with Gasteiger partial charge in [0.1, 0.15) is 5.75 Å². The van der Waals surface area contributed by atoms with E-state index in [0.717, 1.165) is 28.9 Å². The van der Waals surface area contributed by atoms with Gasteiger partial charge in [0.25, 0.3) is 0 Å². The van der Waals surface area contributed by atoms with Crippen LogP contribution in [0.1, 0.15) is 36.1 Å². The molecule has 1 aromatic rings. The second kappa shape index (κ2) is 7.48. The van der Waals surface area contributed by atoms with Crippen LogP contribution in [0.3, 0.4) is 0 Å². The zero-order chi connectivity index (χ0) is 14.4. The summed E-state index contributed by atoms with van der Waals surface area (Å²) < 4.78 is 5.23. The van der Waals surface area contributed by atoms with Crippen LogP contribution < -0.4 is 10.1 Å². The van der Waals surface area contributed by atoms with Gasteiger partial charge >= 0.3 is 0 Å². The Morgan fingerprint density at radius 1 is 1.26 bits per heavy atom. The summed E-state index contributed by atoms with van der Waals surface area (Å²) in [4.78, 5) is 0. The van der Waals surface area contributed by atoms with Crippen molar-refractivity contribution in [3.05, 3.63) is 28.8 Å². The van der Waals surface area contributed by atoms with E-state index in [9.17, 15) is 5.11 Å². The average molecular weight is 267 g/mol. The molecule has 0 aliphatic rings. The molecule has 4 heteroatoms. The van der Waals surface area contributed by atoms with Gasteiger partial charge in [0.2, 0.25) is 0 Å². The molecule has 0 aliphatic carbocycles. The van der Waals surface area contributed by atoms with Crippen molar-refractivity contribution in [3.8, 4) is 5.75 Å². The van der Waals surface area contributed by atoms with Gasteiger partial charge in [0.15, 0.2) is 0 Å². The number of hydrogen-bond donors (Lipinski definition) is 3. The number of hydrogen-bond acceptors (Lipinski definition) is 4. The smallest absolute Gasteiger partial charge is 0.119 e. The van der Waals surface area contributed by atoms with E-state index in [1.54, 1.807) is 7.11 Å². The van der Waals surface area contributed by atoms with E-state index >= 15 is 0 Å². The molecule has 2 unspecified atom stereocenters. The Hall–Kier alpha value is -1.10. The molecule has 108 valence electrons. The van der Waals surface area contributed by atoms with Crippen molar-refractivity contribution in [1.29, 1.82) is 0 Å². The highest BCUT2D eigenvalue weighted by Crippen LogP contribution is 2.29. The molecule has 0 spiro atoms. The van der Waals surface area contributed by atoms with Gasteiger partial charge in [0.05, 0.1) is 19.8 Å². The summed E-state index contributed by atoms with van der Waals surface area (Å²) in [5, 5.41) is 22.6.